The zero-order valence-electron chi connectivity index (χ0n) is 24.8. The fraction of sp³-hybridized carbons (Fsp3) is 0.424. The first-order chi connectivity index (χ1) is 19.6. The monoisotopic (exact) mass is 564 g/mol. The molecule has 1 atom stereocenters. The average Bonchev–Trinajstić information content (AvgIpc) is 3.04. The van der Waals surface area contributed by atoms with Gasteiger partial charge >= 0.3 is 0 Å². The highest BCUT2D eigenvalue weighted by atomic mass is 16.5. The third-order valence-corrected chi connectivity index (χ3v) is 7.33. The second-order valence-electron chi connectivity index (χ2n) is 10.8. The van der Waals surface area contributed by atoms with E-state index in [0.29, 0.717) is 12.8 Å². The number of aliphatic hydroxyl groups is 1. The second kappa shape index (κ2) is 14.8. The Kier molecular flexibility index (Phi) is 11.4. The number of aliphatic hydroxyl groups excluding tert-OH is 1. The topological polar surface area (TPSA) is 122 Å². The van der Waals surface area contributed by atoms with Gasteiger partial charge in [0.1, 0.15) is 17.2 Å². The summed E-state index contributed by atoms with van der Waals surface area (Å²) in [6.07, 6.45) is 10.4. The van der Waals surface area contributed by atoms with Crippen LogP contribution in [-0.2, 0) is 4.74 Å². The van der Waals surface area contributed by atoms with Gasteiger partial charge in [-0.2, -0.15) is 0 Å². The molecule has 1 unspecified atom stereocenters. The SMILES string of the molecule is COC(CCCO)c1c(O)cc2c(c1O)Nc1c(O)cccc1C(=O)N2C/C=C(\C)CC/C=C(\C)CCC=C(C)C. The summed E-state index contributed by atoms with van der Waals surface area (Å²) in [5.41, 5.74) is 4.81. The van der Waals surface area contributed by atoms with Gasteiger partial charge in [-0.05, 0) is 78.4 Å². The molecule has 0 aromatic heterocycles. The number of para-hydroxylation sites is 1. The maximum atomic E-state index is 13.8. The number of phenols is 3. The van der Waals surface area contributed by atoms with Gasteiger partial charge in [-0.3, -0.25) is 4.79 Å². The molecule has 222 valence electrons. The summed E-state index contributed by atoms with van der Waals surface area (Å²) in [6, 6.07) is 6.10. The number of nitrogens with zero attached hydrogens (tertiary/aromatic N) is 1. The van der Waals surface area contributed by atoms with Crippen molar-refractivity contribution in [2.24, 2.45) is 0 Å². The Morgan fingerprint density at radius 2 is 1.66 bits per heavy atom. The van der Waals surface area contributed by atoms with Crippen LogP contribution < -0.4 is 10.2 Å². The largest absolute Gasteiger partial charge is 0.507 e. The third kappa shape index (κ3) is 7.93. The molecule has 0 saturated heterocycles. The molecule has 0 fully saturated rings. The van der Waals surface area contributed by atoms with Gasteiger partial charge in [0.2, 0.25) is 0 Å². The lowest BCUT2D eigenvalue weighted by molar-refractivity contribution is 0.0839. The Labute approximate surface area is 243 Å². The van der Waals surface area contributed by atoms with E-state index in [9.17, 15) is 25.2 Å². The van der Waals surface area contributed by atoms with Crippen LogP contribution in [0.3, 0.4) is 0 Å². The number of phenolic OH excluding ortho intramolecular Hbond substituents is 3. The van der Waals surface area contributed by atoms with E-state index >= 15 is 0 Å². The van der Waals surface area contributed by atoms with E-state index in [0.717, 1.165) is 31.3 Å². The lowest BCUT2D eigenvalue weighted by Crippen LogP contribution is -2.30. The highest BCUT2D eigenvalue weighted by Gasteiger charge is 2.33. The van der Waals surface area contributed by atoms with Crippen LogP contribution in [0, 0.1) is 0 Å². The average molecular weight is 565 g/mol. The van der Waals surface area contributed by atoms with E-state index in [2.05, 4.69) is 38.2 Å². The number of fused-ring (bicyclic) bond motifs is 2. The van der Waals surface area contributed by atoms with Crippen molar-refractivity contribution < 1.29 is 30.0 Å². The van der Waals surface area contributed by atoms with Crippen molar-refractivity contribution in [1.29, 1.82) is 0 Å². The molecule has 2 aromatic rings. The summed E-state index contributed by atoms with van der Waals surface area (Å²) >= 11 is 0. The molecule has 5 N–H and O–H groups in total. The van der Waals surface area contributed by atoms with Crippen molar-refractivity contribution in [3.63, 3.8) is 0 Å². The van der Waals surface area contributed by atoms with E-state index in [1.807, 2.05) is 13.0 Å². The Morgan fingerprint density at radius 1 is 0.976 bits per heavy atom. The molecule has 1 heterocycles. The fourth-order valence-corrected chi connectivity index (χ4v) is 4.96. The van der Waals surface area contributed by atoms with Gasteiger partial charge in [-0.15, -0.1) is 0 Å². The molecule has 1 aliphatic heterocycles. The van der Waals surface area contributed by atoms with Gasteiger partial charge in [-0.25, -0.2) is 0 Å². The Balaban J connectivity index is 1.94. The van der Waals surface area contributed by atoms with E-state index in [1.54, 1.807) is 12.1 Å². The Morgan fingerprint density at radius 3 is 2.32 bits per heavy atom. The van der Waals surface area contributed by atoms with E-state index in [4.69, 9.17) is 4.74 Å². The minimum atomic E-state index is -0.689. The molecule has 8 heteroatoms. The number of amides is 1. The lowest BCUT2D eigenvalue weighted by atomic mass is 10.00. The number of rotatable bonds is 13. The molecule has 8 nitrogen and oxygen atoms in total. The number of carbonyl (C=O) groups is 1. The quantitative estimate of drug-likeness (QED) is 0.0977. The highest BCUT2D eigenvalue weighted by molar-refractivity contribution is 6.15. The Bertz CT molecular complexity index is 1320. The van der Waals surface area contributed by atoms with Crippen molar-refractivity contribution in [3.05, 3.63) is 70.3 Å². The minimum Gasteiger partial charge on any atom is -0.507 e. The lowest BCUT2D eigenvalue weighted by Gasteiger charge is -2.25. The molecule has 2 aromatic carbocycles. The van der Waals surface area contributed by atoms with Gasteiger partial charge in [0.15, 0.2) is 5.75 Å². The van der Waals surface area contributed by atoms with Crippen molar-refractivity contribution in [3.8, 4) is 17.2 Å². The van der Waals surface area contributed by atoms with Crippen LogP contribution in [0.15, 0.2) is 59.2 Å². The van der Waals surface area contributed by atoms with Gasteiger partial charge in [0, 0.05) is 26.3 Å². The maximum Gasteiger partial charge on any atom is 0.260 e. The third-order valence-electron chi connectivity index (χ3n) is 7.33. The first-order valence-electron chi connectivity index (χ1n) is 14.2. The highest BCUT2D eigenvalue weighted by Crippen LogP contribution is 2.50. The van der Waals surface area contributed by atoms with Crippen LogP contribution in [0.5, 0.6) is 17.2 Å². The predicted octanol–water partition coefficient (Wildman–Crippen LogP) is 7.39. The summed E-state index contributed by atoms with van der Waals surface area (Å²) in [6.45, 7) is 8.52. The Hall–Kier alpha value is -3.75. The molecular formula is C33H44N2O6. The maximum absolute atomic E-state index is 13.8. The molecule has 3 rings (SSSR count). The molecule has 0 saturated carbocycles. The summed E-state index contributed by atoms with van der Waals surface area (Å²) in [5.74, 6) is -1.03. The number of aromatic hydroxyl groups is 3. The molecule has 0 aliphatic carbocycles. The molecule has 1 aliphatic rings. The van der Waals surface area contributed by atoms with Crippen molar-refractivity contribution in [2.75, 3.05) is 30.5 Å². The normalized spacial score (nSPS) is 14.2. The van der Waals surface area contributed by atoms with Crippen LogP contribution in [0.2, 0.25) is 0 Å². The van der Waals surface area contributed by atoms with Gasteiger partial charge in [-0.1, -0.05) is 41.0 Å². The molecule has 0 radical (unpaired) electrons. The number of hydrogen-bond acceptors (Lipinski definition) is 7. The zero-order chi connectivity index (χ0) is 30.1. The van der Waals surface area contributed by atoms with E-state index < -0.39 is 6.10 Å². The summed E-state index contributed by atoms with van der Waals surface area (Å²) in [5, 5.41) is 45.3. The molecular weight excluding hydrogens is 520 g/mol. The van der Waals surface area contributed by atoms with Crippen LogP contribution in [-0.4, -0.2) is 46.6 Å². The van der Waals surface area contributed by atoms with Crippen LogP contribution in [0.4, 0.5) is 17.1 Å². The summed E-state index contributed by atoms with van der Waals surface area (Å²) in [4.78, 5) is 15.3. The second-order valence-corrected chi connectivity index (χ2v) is 10.8. The number of methoxy groups -OCH3 is 1. The number of hydrogen-bond donors (Lipinski definition) is 5. The number of ether oxygens (including phenoxy) is 1. The number of anilines is 3. The zero-order valence-corrected chi connectivity index (χ0v) is 24.8. The van der Waals surface area contributed by atoms with Gasteiger partial charge < -0.3 is 35.4 Å². The van der Waals surface area contributed by atoms with Gasteiger partial charge in [0.05, 0.1) is 28.6 Å². The van der Waals surface area contributed by atoms with Crippen LogP contribution >= 0.6 is 0 Å². The molecule has 41 heavy (non-hydrogen) atoms. The van der Waals surface area contributed by atoms with Crippen LogP contribution in [0.25, 0.3) is 0 Å². The summed E-state index contributed by atoms with van der Waals surface area (Å²) < 4.78 is 5.52. The van der Waals surface area contributed by atoms with E-state index in [-0.39, 0.29) is 64.5 Å². The van der Waals surface area contributed by atoms with Crippen molar-refractivity contribution >= 4 is 23.0 Å². The smallest absolute Gasteiger partial charge is 0.260 e. The standard InChI is InChI=1S/C33H44N2O6/c1-21(2)10-6-11-22(3)12-7-13-23(4)17-18-35-25-20-27(38)29(28(41-5)16-9-19-36)32(39)31(25)34-30-24(33(35)40)14-8-15-26(30)37/h8,10,12,14-15,17,20,28,34,36-39H,6-7,9,11,13,16,18-19H2,1-5H3/b22-12+,23-17+. The summed E-state index contributed by atoms with van der Waals surface area (Å²) in [7, 11) is 1.46. The fourth-order valence-electron chi connectivity index (χ4n) is 4.96. The number of benzene rings is 2. The van der Waals surface area contributed by atoms with E-state index in [1.165, 1.54) is 35.3 Å². The first kappa shape index (κ1) is 31.8. The van der Waals surface area contributed by atoms with Gasteiger partial charge in [0.25, 0.3) is 5.91 Å². The first-order valence-corrected chi connectivity index (χ1v) is 14.2. The number of allylic oxidation sites excluding steroid dienone is 5. The molecule has 1 amide bonds. The van der Waals surface area contributed by atoms with Crippen molar-refractivity contribution in [1.82, 2.24) is 0 Å². The number of nitrogens with one attached hydrogen (secondary N) is 1. The molecule has 0 bridgehead atoms. The van der Waals surface area contributed by atoms with Crippen molar-refractivity contribution in [2.45, 2.75) is 72.3 Å². The minimum absolute atomic E-state index is 0.0644. The molecule has 0 spiro atoms. The predicted molar refractivity (Wildman–Crippen MR) is 164 cm³/mol. The van der Waals surface area contributed by atoms with Crippen LogP contribution in [0.1, 0.15) is 88.2 Å². The number of carbonyl (C=O) groups excluding carboxylic acids is 1.